The number of hydrogen-bond acceptors (Lipinski definition) is 2. The Balaban J connectivity index is 2.43. The fraction of sp³-hybridized carbons (Fsp3) is 0.385. The van der Waals surface area contributed by atoms with E-state index < -0.39 is 0 Å². The van der Waals surface area contributed by atoms with Crippen LogP contribution in [0.3, 0.4) is 0 Å². The molecular formula is C13H16N2. The van der Waals surface area contributed by atoms with Gasteiger partial charge in [-0.25, -0.2) is 0 Å². The third-order valence-corrected chi connectivity index (χ3v) is 2.73. The van der Waals surface area contributed by atoms with Gasteiger partial charge in [-0.1, -0.05) is 13.3 Å². The Labute approximate surface area is 90.4 Å². The van der Waals surface area contributed by atoms with Crippen LogP contribution in [0, 0.1) is 6.92 Å². The largest absolute Gasteiger partial charge is 0.253 e. The smallest absolute Gasteiger partial charge is 0.0889 e. The summed E-state index contributed by atoms with van der Waals surface area (Å²) < 4.78 is 0. The van der Waals surface area contributed by atoms with Crippen molar-refractivity contribution in [1.29, 1.82) is 0 Å². The Hall–Kier alpha value is -1.44. The zero-order valence-electron chi connectivity index (χ0n) is 9.33. The molecule has 1 heterocycles. The van der Waals surface area contributed by atoms with Crippen LogP contribution in [0.1, 0.15) is 30.9 Å². The Morgan fingerprint density at radius 2 is 1.73 bits per heavy atom. The highest BCUT2D eigenvalue weighted by molar-refractivity contribution is 5.75. The van der Waals surface area contributed by atoms with Crippen LogP contribution in [0.4, 0.5) is 0 Å². The van der Waals surface area contributed by atoms with E-state index in [1.165, 1.54) is 24.0 Å². The molecule has 78 valence electrons. The van der Waals surface area contributed by atoms with E-state index in [1.54, 1.807) is 12.4 Å². The molecule has 2 heteroatoms. The van der Waals surface area contributed by atoms with E-state index in [0.29, 0.717) is 0 Å². The number of aromatic nitrogens is 2. The van der Waals surface area contributed by atoms with Crippen LogP contribution in [0.5, 0.6) is 0 Å². The number of rotatable bonds is 3. The maximum absolute atomic E-state index is 4.33. The second-order valence-electron chi connectivity index (χ2n) is 3.93. The van der Waals surface area contributed by atoms with Crippen LogP contribution in [0.15, 0.2) is 24.5 Å². The summed E-state index contributed by atoms with van der Waals surface area (Å²) in [5.74, 6) is 0. The first-order valence-corrected chi connectivity index (χ1v) is 5.51. The van der Waals surface area contributed by atoms with Gasteiger partial charge < -0.3 is 0 Å². The number of nitrogens with zero attached hydrogens (tertiary/aromatic N) is 2. The quantitative estimate of drug-likeness (QED) is 0.759. The van der Waals surface area contributed by atoms with Crippen molar-refractivity contribution in [3.63, 3.8) is 0 Å². The molecule has 0 spiro atoms. The minimum atomic E-state index is 0.996. The minimum Gasteiger partial charge on any atom is -0.253 e. The van der Waals surface area contributed by atoms with E-state index in [2.05, 4.69) is 35.9 Å². The second kappa shape index (κ2) is 4.39. The van der Waals surface area contributed by atoms with Crippen molar-refractivity contribution >= 4 is 11.0 Å². The molecule has 1 aromatic heterocycles. The molecule has 0 fully saturated rings. The van der Waals surface area contributed by atoms with Gasteiger partial charge in [-0.3, -0.25) is 9.97 Å². The van der Waals surface area contributed by atoms with Gasteiger partial charge in [-0.05, 0) is 43.0 Å². The number of unbranched alkanes of at least 4 members (excludes halogenated alkanes) is 1. The summed E-state index contributed by atoms with van der Waals surface area (Å²) in [4.78, 5) is 8.63. The van der Waals surface area contributed by atoms with Crippen LogP contribution in [0.2, 0.25) is 0 Å². The van der Waals surface area contributed by atoms with Gasteiger partial charge in [-0.2, -0.15) is 0 Å². The first kappa shape index (κ1) is 10.1. The van der Waals surface area contributed by atoms with Crippen LogP contribution >= 0.6 is 0 Å². The molecule has 0 radical (unpaired) electrons. The van der Waals surface area contributed by atoms with Gasteiger partial charge in [0.15, 0.2) is 0 Å². The highest BCUT2D eigenvalue weighted by Crippen LogP contribution is 2.17. The molecule has 2 nitrogen and oxygen atoms in total. The minimum absolute atomic E-state index is 0.996. The Morgan fingerprint density at radius 1 is 1.07 bits per heavy atom. The molecule has 0 amide bonds. The van der Waals surface area contributed by atoms with Gasteiger partial charge >= 0.3 is 0 Å². The standard InChI is InChI=1S/C13H16N2/c1-3-4-5-11-9-13-12(8-10(11)2)14-6-7-15-13/h6-9H,3-5H2,1-2H3. The zero-order valence-corrected chi connectivity index (χ0v) is 9.33. The predicted molar refractivity (Wildman–Crippen MR) is 62.9 cm³/mol. The number of aryl methyl sites for hydroxylation is 2. The lowest BCUT2D eigenvalue weighted by Gasteiger charge is -2.06. The summed E-state index contributed by atoms with van der Waals surface area (Å²) >= 11 is 0. The highest BCUT2D eigenvalue weighted by Gasteiger charge is 2.02. The molecule has 0 aliphatic carbocycles. The van der Waals surface area contributed by atoms with E-state index in [9.17, 15) is 0 Å². The molecule has 1 aromatic carbocycles. The molecular weight excluding hydrogens is 184 g/mol. The Bertz CT molecular complexity index is 463. The average Bonchev–Trinajstić information content (AvgIpc) is 2.26. The summed E-state index contributed by atoms with van der Waals surface area (Å²) in [6, 6.07) is 4.31. The number of fused-ring (bicyclic) bond motifs is 1. The van der Waals surface area contributed by atoms with Gasteiger partial charge in [0.2, 0.25) is 0 Å². The third-order valence-electron chi connectivity index (χ3n) is 2.73. The first-order chi connectivity index (χ1) is 7.31. The van der Waals surface area contributed by atoms with Gasteiger partial charge in [0, 0.05) is 12.4 Å². The van der Waals surface area contributed by atoms with E-state index in [1.807, 2.05) is 0 Å². The fourth-order valence-electron chi connectivity index (χ4n) is 1.80. The lowest BCUT2D eigenvalue weighted by Crippen LogP contribution is -1.92. The summed E-state index contributed by atoms with van der Waals surface area (Å²) in [6.07, 6.45) is 7.12. The van der Waals surface area contributed by atoms with Crippen LogP contribution in [0.25, 0.3) is 11.0 Å². The Kier molecular flexibility index (Phi) is 2.95. The lowest BCUT2D eigenvalue weighted by atomic mass is 10.0. The molecule has 0 aliphatic heterocycles. The van der Waals surface area contributed by atoms with E-state index in [0.717, 1.165) is 17.5 Å². The molecule has 0 aliphatic rings. The number of benzene rings is 1. The van der Waals surface area contributed by atoms with Crippen molar-refractivity contribution in [2.75, 3.05) is 0 Å². The van der Waals surface area contributed by atoms with Gasteiger partial charge in [-0.15, -0.1) is 0 Å². The summed E-state index contributed by atoms with van der Waals surface area (Å²) in [5.41, 5.74) is 4.74. The van der Waals surface area contributed by atoms with E-state index >= 15 is 0 Å². The molecule has 2 aromatic rings. The molecule has 0 unspecified atom stereocenters. The molecule has 0 N–H and O–H groups in total. The molecule has 0 saturated heterocycles. The van der Waals surface area contributed by atoms with E-state index in [-0.39, 0.29) is 0 Å². The highest BCUT2D eigenvalue weighted by atomic mass is 14.8. The van der Waals surface area contributed by atoms with Crippen molar-refractivity contribution < 1.29 is 0 Å². The van der Waals surface area contributed by atoms with Gasteiger partial charge in [0.25, 0.3) is 0 Å². The SMILES string of the molecule is CCCCc1cc2nccnc2cc1C. The van der Waals surface area contributed by atoms with Crippen molar-refractivity contribution in [2.24, 2.45) is 0 Å². The maximum atomic E-state index is 4.33. The van der Waals surface area contributed by atoms with E-state index in [4.69, 9.17) is 0 Å². The van der Waals surface area contributed by atoms with Crippen LogP contribution < -0.4 is 0 Å². The Morgan fingerprint density at radius 3 is 2.40 bits per heavy atom. The summed E-state index contributed by atoms with van der Waals surface area (Å²) in [7, 11) is 0. The molecule has 2 rings (SSSR count). The summed E-state index contributed by atoms with van der Waals surface area (Å²) in [5, 5.41) is 0. The second-order valence-corrected chi connectivity index (χ2v) is 3.93. The third kappa shape index (κ3) is 2.14. The number of hydrogen-bond donors (Lipinski definition) is 0. The topological polar surface area (TPSA) is 25.8 Å². The van der Waals surface area contributed by atoms with Crippen molar-refractivity contribution in [3.05, 3.63) is 35.7 Å². The first-order valence-electron chi connectivity index (χ1n) is 5.51. The van der Waals surface area contributed by atoms with Crippen LogP contribution in [-0.2, 0) is 6.42 Å². The lowest BCUT2D eigenvalue weighted by molar-refractivity contribution is 0.792. The van der Waals surface area contributed by atoms with Crippen molar-refractivity contribution in [3.8, 4) is 0 Å². The van der Waals surface area contributed by atoms with Crippen molar-refractivity contribution in [1.82, 2.24) is 9.97 Å². The summed E-state index contributed by atoms with van der Waals surface area (Å²) in [6.45, 7) is 4.37. The molecule has 0 atom stereocenters. The fourth-order valence-corrected chi connectivity index (χ4v) is 1.80. The molecule has 0 saturated carbocycles. The average molecular weight is 200 g/mol. The monoisotopic (exact) mass is 200 g/mol. The zero-order chi connectivity index (χ0) is 10.7. The van der Waals surface area contributed by atoms with Crippen molar-refractivity contribution in [2.45, 2.75) is 33.1 Å². The van der Waals surface area contributed by atoms with Gasteiger partial charge in [0.1, 0.15) is 0 Å². The van der Waals surface area contributed by atoms with Gasteiger partial charge in [0.05, 0.1) is 11.0 Å². The molecule has 15 heavy (non-hydrogen) atoms. The van der Waals surface area contributed by atoms with Crippen LogP contribution in [-0.4, -0.2) is 9.97 Å². The predicted octanol–water partition coefficient (Wildman–Crippen LogP) is 3.28. The normalized spacial score (nSPS) is 10.8. The molecule has 0 bridgehead atoms. The maximum Gasteiger partial charge on any atom is 0.0889 e.